The summed E-state index contributed by atoms with van der Waals surface area (Å²) in [5, 5.41) is 17.8. The van der Waals surface area contributed by atoms with Gasteiger partial charge in [0, 0.05) is 13.2 Å². The Kier molecular flexibility index (Phi) is 7.09. The third kappa shape index (κ3) is 6.78. The Labute approximate surface area is 134 Å². The fraction of sp³-hybridized carbons (Fsp3) is 0.867. The van der Waals surface area contributed by atoms with Gasteiger partial charge in [-0.05, 0) is 36.4 Å². The van der Waals surface area contributed by atoms with E-state index in [2.05, 4.69) is 33.9 Å². The van der Waals surface area contributed by atoms with E-state index >= 15 is 0 Å². The van der Waals surface area contributed by atoms with Crippen LogP contribution >= 0.6 is 0 Å². The second kappa shape index (κ2) is 7.46. The second-order valence-electron chi connectivity index (χ2n) is 7.99. The van der Waals surface area contributed by atoms with E-state index in [9.17, 15) is 9.59 Å². The van der Waals surface area contributed by atoms with Crippen LogP contribution in [0.4, 0.5) is 9.59 Å². The number of nitrogens with zero attached hydrogens (tertiary/aromatic N) is 1. The summed E-state index contributed by atoms with van der Waals surface area (Å²) in [7, 11) is -1.78. The zero-order valence-electron chi connectivity index (χ0n) is 14.9. The van der Waals surface area contributed by atoms with Crippen molar-refractivity contribution < 1.29 is 24.2 Å². The third-order valence-corrected chi connectivity index (χ3v) is 9.06. The summed E-state index contributed by atoms with van der Waals surface area (Å²) >= 11 is 0. The lowest BCUT2D eigenvalue weighted by molar-refractivity contribution is 0.114. The monoisotopic (exact) mass is 333 g/mol. The molecule has 0 aromatic carbocycles. The number of carboxylic acid groups (broad SMARTS) is 2. The molecule has 0 radical (unpaired) electrons. The normalized spacial score (nSPS) is 13.0. The van der Waals surface area contributed by atoms with Gasteiger partial charge >= 0.3 is 12.2 Å². The minimum absolute atomic E-state index is 0.0161. The minimum atomic E-state index is -1.78. The number of amides is 2. The quantitative estimate of drug-likeness (QED) is 0.671. The molecule has 0 saturated heterocycles. The van der Waals surface area contributed by atoms with Crippen LogP contribution in [0, 0.1) is 5.41 Å². The molecule has 0 saturated carbocycles. The maximum absolute atomic E-state index is 10.8. The predicted octanol–water partition coefficient (Wildman–Crippen LogP) is 4.47. The van der Waals surface area contributed by atoms with Crippen molar-refractivity contribution in [2.24, 2.45) is 5.41 Å². The molecule has 130 valence electrons. The lowest BCUT2D eigenvalue weighted by Gasteiger charge is -2.37. The van der Waals surface area contributed by atoms with Gasteiger partial charge < -0.3 is 14.6 Å². The molecule has 0 atom stereocenters. The maximum atomic E-state index is 10.8. The molecule has 0 heterocycles. The minimum Gasteiger partial charge on any atom is -0.465 e. The van der Waals surface area contributed by atoms with Crippen LogP contribution in [0.1, 0.15) is 47.5 Å². The molecule has 0 bridgehead atoms. The average Bonchev–Trinajstić information content (AvgIpc) is 2.25. The molecule has 0 rings (SSSR count). The van der Waals surface area contributed by atoms with Crippen LogP contribution in [0.15, 0.2) is 0 Å². The smallest absolute Gasteiger partial charge is 0.416 e. The lowest BCUT2D eigenvalue weighted by Crippen LogP contribution is -2.41. The fourth-order valence-electron chi connectivity index (χ4n) is 1.61. The van der Waals surface area contributed by atoms with Gasteiger partial charge in [-0.3, -0.25) is 0 Å². The van der Waals surface area contributed by atoms with Gasteiger partial charge in [-0.15, -0.1) is 0 Å². The highest BCUT2D eigenvalue weighted by Gasteiger charge is 2.37. The molecule has 7 heteroatoms. The lowest BCUT2D eigenvalue weighted by atomic mass is 9.86. The summed E-state index contributed by atoms with van der Waals surface area (Å²) in [5.41, 5.74) is -0.175. The molecule has 0 aliphatic carbocycles. The Morgan fingerprint density at radius 3 is 1.82 bits per heavy atom. The van der Waals surface area contributed by atoms with Crippen molar-refractivity contribution in [1.82, 2.24) is 4.90 Å². The van der Waals surface area contributed by atoms with E-state index in [1.165, 1.54) is 0 Å². The van der Waals surface area contributed by atoms with Crippen LogP contribution in [-0.2, 0) is 4.43 Å². The molecule has 0 unspecified atom stereocenters. The topological polar surface area (TPSA) is 87.1 Å². The molecule has 6 nitrogen and oxygen atoms in total. The summed E-state index contributed by atoms with van der Waals surface area (Å²) < 4.78 is 6.12. The van der Waals surface area contributed by atoms with Gasteiger partial charge in [-0.2, -0.15) is 0 Å². The summed E-state index contributed by atoms with van der Waals surface area (Å²) in [4.78, 5) is 22.1. The fourth-order valence-corrected chi connectivity index (χ4v) is 2.66. The van der Waals surface area contributed by atoms with Gasteiger partial charge in [0.25, 0.3) is 0 Å². The van der Waals surface area contributed by atoms with Gasteiger partial charge in [0.05, 0.1) is 0 Å². The standard InChI is InChI=1S/C15H31NO5Si/c1-14(2,3)22(6,7)21-11-9-15(4,5)8-10-16(12(17)18)13(19)20/h8-11H2,1-7H3,(H,17,18)(H,19,20). The Bertz CT molecular complexity index is 387. The molecule has 0 aliphatic rings. The molecule has 2 N–H and O–H groups in total. The van der Waals surface area contributed by atoms with Gasteiger partial charge in [-0.1, -0.05) is 34.6 Å². The van der Waals surface area contributed by atoms with Crippen LogP contribution in [0.2, 0.25) is 18.1 Å². The molecule has 2 amide bonds. The highest BCUT2D eigenvalue weighted by molar-refractivity contribution is 6.74. The van der Waals surface area contributed by atoms with E-state index in [0.717, 1.165) is 6.42 Å². The first-order valence-corrected chi connectivity index (χ1v) is 10.5. The number of hydrogen-bond donors (Lipinski definition) is 2. The first-order valence-electron chi connectivity index (χ1n) is 7.57. The number of imide groups is 1. The van der Waals surface area contributed by atoms with Crippen molar-refractivity contribution in [2.45, 2.75) is 65.6 Å². The third-order valence-electron chi connectivity index (χ3n) is 4.52. The SMILES string of the molecule is CC(C)(CCO[Si](C)(C)C(C)(C)C)CCN(C(=O)O)C(=O)O. The summed E-state index contributed by atoms with van der Waals surface area (Å²) in [5.74, 6) is 0. The van der Waals surface area contributed by atoms with Crippen LogP contribution < -0.4 is 0 Å². The van der Waals surface area contributed by atoms with Crippen LogP contribution in [-0.4, -0.2) is 48.8 Å². The molecular formula is C15H31NO5Si. The van der Waals surface area contributed by atoms with E-state index in [1.54, 1.807) is 0 Å². The average molecular weight is 334 g/mol. The van der Waals surface area contributed by atoms with E-state index < -0.39 is 20.5 Å². The van der Waals surface area contributed by atoms with Crippen LogP contribution in [0.5, 0.6) is 0 Å². The first kappa shape index (κ1) is 20.9. The second-order valence-corrected chi connectivity index (χ2v) is 12.8. The first-order chi connectivity index (χ1) is 9.69. The van der Waals surface area contributed by atoms with E-state index in [-0.39, 0.29) is 17.0 Å². The van der Waals surface area contributed by atoms with E-state index in [1.807, 2.05) is 13.8 Å². The summed E-state index contributed by atoms with van der Waals surface area (Å²) in [6.45, 7) is 15.5. The Balaban J connectivity index is 4.42. The Hall–Kier alpha value is -1.08. The van der Waals surface area contributed by atoms with Crippen LogP contribution in [0.25, 0.3) is 0 Å². The summed E-state index contributed by atoms with van der Waals surface area (Å²) in [6, 6.07) is 0. The Morgan fingerprint density at radius 2 is 1.45 bits per heavy atom. The van der Waals surface area contributed by atoms with Crippen molar-refractivity contribution in [2.75, 3.05) is 13.2 Å². The van der Waals surface area contributed by atoms with Crippen molar-refractivity contribution >= 4 is 20.5 Å². The van der Waals surface area contributed by atoms with Crippen LogP contribution in [0.3, 0.4) is 0 Å². The number of rotatable bonds is 7. The van der Waals surface area contributed by atoms with Crippen molar-refractivity contribution in [3.63, 3.8) is 0 Å². The zero-order valence-corrected chi connectivity index (χ0v) is 15.9. The van der Waals surface area contributed by atoms with Gasteiger partial charge in [0.15, 0.2) is 8.32 Å². The zero-order chi connectivity index (χ0) is 17.8. The van der Waals surface area contributed by atoms with Gasteiger partial charge in [-0.25, -0.2) is 14.5 Å². The molecule has 0 aromatic rings. The molecule has 0 fully saturated rings. The largest absolute Gasteiger partial charge is 0.465 e. The molecule has 0 aliphatic heterocycles. The highest BCUT2D eigenvalue weighted by Crippen LogP contribution is 2.37. The van der Waals surface area contributed by atoms with E-state index in [0.29, 0.717) is 17.9 Å². The Morgan fingerprint density at radius 1 is 1.00 bits per heavy atom. The molecule has 0 aromatic heterocycles. The number of hydrogen-bond acceptors (Lipinski definition) is 3. The summed E-state index contributed by atoms with van der Waals surface area (Å²) in [6.07, 6.45) is -1.61. The van der Waals surface area contributed by atoms with Crippen molar-refractivity contribution in [3.05, 3.63) is 0 Å². The predicted molar refractivity (Wildman–Crippen MR) is 88.9 cm³/mol. The van der Waals surface area contributed by atoms with Crippen molar-refractivity contribution in [3.8, 4) is 0 Å². The molecule has 22 heavy (non-hydrogen) atoms. The van der Waals surface area contributed by atoms with Gasteiger partial charge in [0.1, 0.15) is 0 Å². The van der Waals surface area contributed by atoms with Gasteiger partial charge in [0.2, 0.25) is 0 Å². The van der Waals surface area contributed by atoms with Crippen molar-refractivity contribution in [1.29, 1.82) is 0 Å². The highest BCUT2D eigenvalue weighted by atomic mass is 28.4. The van der Waals surface area contributed by atoms with E-state index in [4.69, 9.17) is 14.6 Å². The maximum Gasteiger partial charge on any atom is 0.416 e. The molecule has 0 spiro atoms. The number of carbonyl (C=O) groups is 2. The molecular weight excluding hydrogens is 302 g/mol.